The van der Waals surface area contributed by atoms with Crippen LogP contribution in [0.5, 0.6) is 0 Å². The third-order valence-corrected chi connectivity index (χ3v) is 3.61. The number of nitrogens with two attached hydrogens (primary N) is 1. The molecule has 0 aromatic rings. The Labute approximate surface area is 94.6 Å². The van der Waals surface area contributed by atoms with Gasteiger partial charge in [0.05, 0.1) is 5.60 Å². The highest BCUT2D eigenvalue weighted by Crippen LogP contribution is 2.33. The molecule has 2 nitrogen and oxygen atoms in total. The number of rotatable bonds is 6. The van der Waals surface area contributed by atoms with Gasteiger partial charge < -0.3 is 10.5 Å². The lowest BCUT2D eigenvalue weighted by molar-refractivity contribution is -0.0490. The normalized spacial score (nSPS) is 22.6. The highest BCUT2D eigenvalue weighted by molar-refractivity contribution is 4.81. The summed E-state index contributed by atoms with van der Waals surface area (Å²) in [6.07, 6.45) is 9.25. The molecule has 0 aromatic carbocycles. The molecule has 0 heterocycles. The Bertz CT molecular complexity index is 158. The van der Waals surface area contributed by atoms with Gasteiger partial charge in [0.25, 0.3) is 0 Å². The van der Waals surface area contributed by atoms with E-state index in [4.69, 9.17) is 10.5 Å². The minimum atomic E-state index is 0.0332. The van der Waals surface area contributed by atoms with E-state index >= 15 is 0 Å². The summed E-state index contributed by atoms with van der Waals surface area (Å²) in [6.45, 7) is 5.86. The molecule has 0 radical (unpaired) electrons. The maximum absolute atomic E-state index is 5.89. The first-order valence-corrected chi connectivity index (χ1v) is 6.54. The molecule has 90 valence electrons. The molecule has 0 aromatic heterocycles. The molecule has 2 heteroatoms. The van der Waals surface area contributed by atoms with E-state index in [1.165, 1.54) is 38.5 Å². The highest BCUT2D eigenvalue weighted by atomic mass is 16.5. The first kappa shape index (κ1) is 13.0. The summed E-state index contributed by atoms with van der Waals surface area (Å²) in [5, 5.41) is 0. The summed E-state index contributed by atoms with van der Waals surface area (Å²) in [5.74, 6) is 0.877. The van der Waals surface area contributed by atoms with Gasteiger partial charge in [0.1, 0.15) is 0 Å². The summed E-state index contributed by atoms with van der Waals surface area (Å²) in [5.41, 5.74) is 5.70. The van der Waals surface area contributed by atoms with E-state index in [0.29, 0.717) is 0 Å². The lowest BCUT2D eigenvalue weighted by Crippen LogP contribution is -2.34. The van der Waals surface area contributed by atoms with Crippen molar-refractivity contribution in [3.05, 3.63) is 0 Å². The van der Waals surface area contributed by atoms with Crippen molar-refractivity contribution in [3.63, 3.8) is 0 Å². The predicted octanol–water partition coefficient (Wildman–Crippen LogP) is 3.10. The van der Waals surface area contributed by atoms with Crippen LogP contribution in [-0.4, -0.2) is 18.8 Å². The van der Waals surface area contributed by atoms with Gasteiger partial charge in [-0.25, -0.2) is 0 Å². The first-order valence-electron chi connectivity index (χ1n) is 6.54. The monoisotopic (exact) mass is 213 g/mol. The van der Waals surface area contributed by atoms with Crippen LogP contribution >= 0.6 is 0 Å². The van der Waals surface area contributed by atoms with E-state index in [2.05, 4.69) is 13.8 Å². The zero-order valence-electron chi connectivity index (χ0n) is 10.4. The van der Waals surface area contributed by atoms with Crippen LogP contribution < -0.4 is 5.73 Å². The molecule has 15 heavy (non-hydrogen) atoms. The Morgan fingerprint density at radius 1 is 1.27 bits per heavy atom. The van der Waals surface area contributed by atoms with E-state index in [1.54, 1.807) is 0 Å². The molecule has 1 aliphatic rings. The molecule has 0 saturated heterocycles. The van der Waals surface area contributed by atoms with E-state index in [1.807, 2.05) is 0 Å². The Hall–Kier alpha value is -0.0800. The molecule has 0 spiro atoms. The Kier molecular flexibility index (Phi) is 5.62. The van der Waals surface area contributed by atoms with Gasteiger partial charge in [-0.15, -0.1) is 0 Å². The summed E-state index contributed by atoms with van der Waals surface area (Å²) < 4.78 is 5.89. The molecule has 2 N–H and O–H groups in total. The van der Waals surface area contributed by atoms with Crippen molar-refractivity contribution in [3.8, 4) is 0 Å². The van der Waals surface area contributed by atoms with Gasteiger partial charge in [-0.1, -0.05) is 32.1 Å². The maximum atomic E-state index is 5.89. The van der Waals surface area contributed by atoms with E-state index < -0.39 is 0 Å². The number of ether oxygens (including phenoxy) is 1. The number of hydrogen-bond donors (Lipinski definition) is 1. The Morgan fingerprint density at radius 2 is 1.93 bits per heavy atom. The molecule has 1 aliphatic carbocycles. The highest BCUT2D eigenvalue weighted by Gasteiger charge is 2.28. The van der Waals surface area contributed by atoms with E-state index in [0.717, 1.165) is 25.5 Å². The van der Waals surface area contributed by atoms with Crippen molar-refractivity contribution < 1.29 is 4.74 Å². The van der Waals surface area contributed by atoms with Crippen LogP contribution in [0.4, 0.5) is 0 Å². The third-order valence-electron chi connectivity index (χ3n) is 3.61. The molecule has 1 unspecified atom stereocenters. The summed E-state index contributed by atoms with van der Waals surface area (Å²) in [4.78, 5) is 0. The molecular formula is C13H27NO. The zero-order chi connectivity index (χ0) is 11.1. The molecular weight excluding hydrogens is 186 g/mol. The maximum Gasteiger partial charge on any atom is 0.0669 e. The fourth-order valence-corrected chi connectivity index (χ4v) is 2.89. The van der Waals surface area contributed by atoms with Crippen LogP contribution in [0.25, 0.3) is 0 Å². The molecule has 0 bridgehead atoms. The third kappa shape index (κ3) is 4.52. The average molecular weight is 213 g/mol. The summed E-state index contributed by atoms with van der Waals surface area (Å²) in [6, 6.07) is 0. The Balaban J connectivity index is 2.40. The fourth-order valence-electron chi connectivity index (χ4n) is 2.89. The molecule has 1 atom stereocenters. The van der Waals surface area contributed by atoms with Crippen molar-refractivity contribution in [2.45, 2.75) is 64.4 Å². The van der Waals surface area contributed by atoms with Crippen LogP contribution in [0.15, 0.2) is 0 Å². The van der Waals surface area contributed by atoms with Crippen LogP contribution in [0.1, 0.15) is 58.8 Å². The zero-order valence-corrected chi connectivity index (χ0v) is 10.4. The average Bonchev–Trinajstić information content (AvgIpc) is 2.19. The van der Waals surface area contributed by atoms with Crippen molar-refractivity contribution in [2.24, 2.45) is 11.7 Å². The molecule has 1 fully saturated rings. The predicted molar refractivity (Wildman–Crippen MR) is 64.9 cm³/mol. The number of hydrogen-bond acceptors (Lipinski definition) is 2. The summed E-state index contributed by atoms with van der Waals surface area (Å²) >= 11 is 0. The van der Waals surface area contributed by atoms with Crippen LogP contribution in [-0.2, 0) is 4.74 Å². The quantitative estimate of drug-likeness (QED) is 0.736. The second-order valence-corrected chi connectivity index (χ2v) is 5.13. The van der Waals surface area contributed by atoms with Crippen molar-refractivity contribution in [1.82, 2.24) is 0 Å². The fraction of sp³-hybridized carbons (Fsp3) is 1.00. The van der Waals surface area contributed by atoms with E-state index in [-0.39, 0.29) is 5.60 Å². The smallest absolute Gasteiger partial charge is 0.0669 e. The second-order valence-electron chi connectivity index (χ2n) is 5.13. The SMILES string of the molecule is CCOC(C)(CCN)CC1CCCCC1. The minimum absolute atomic E-state index is 0.0332. The molecule has 0 amide bonds. The van der Waals surface area contributed by atoms with Crippen molar-refractivity contribution in [2.75, 3.05) is 13.2 Å². The van der Waals surface area contributed by atoms with Gasteiger partial charge >= 0.3 is 0 Å². The van der Waals surface area contributed by atoms with Crippen LogP contribution in [0.2, 0.25) is 0 Å². The largest absolute Gasteiger partial charge is 0.376 e. The van der Waals surface area contributed by atoms with Crippen molar-refractivity contribution in [1.29, 1.82) is 0 Å². The topological polar surface area (TPSA) is 35.2 Å². The van der Waals surface area contributed by atoms with E-state index in [9.17, 15) is 0 Å². The van der Waals surface area contributed by atoms with Gasteiger partial charge in [0.2, 0.25) is 0 Å². The lowest BCUT2D eigenvalue weighted by atomic mass is 9.80. The van der Waals surface area contributed by atoms with Gasteiger partial charge in [0.15, 0.2) is 0 Å². The van der Waals surface area contributed by atoms with Gasteiger partial charge in [-0.2, -0.15) is 0 Å². The Morgan fingerprint density at radius 3 is 2.47 bits per heavy atom. The summed E-state index contributed by atoms with van der Waals surface area (Å²) in [7, 11) is 0. The van der Waals surface area contributed by atoms with Gasteiger partial charge in [0, 0.05) is 6.61 Å². The molecule has 0 aliphatic heterocycles. The lowest BCUT2D eigenvalue weighted by Gasteiger charge is -2.34. The standard InChI is InChI=1S/C13H27NO/c1-3-15-13(2,9-10-14)11-12-7-5-4-6-8-12/h12H,3-11,14H2,1-2H3. The molecule has 1 rings (SSSR count). The van der Waals surface area contributed by atoms with Crippen LogP contribution in [0, 0.1) is 5.92 Å². The second kappa shape index (κ2) is 6.49. The van der Waals surface area contributed by atoms with Crippen LogP contribution in [0.3, 0.4) is 0 Å². The van der Waals surface area contributed by atoms with Gasteiger partial charge in [-0.3, -0.25) is 0 Å². The van der Waals surface area contributed by atoms with Gasteiger partial charge in [-0.05, 0) is 39.2 Å². The minimum Gasteiger partial charge on any atom is -0.376 e. The first-order chi connectivity index (χ1) is 7.20. The van der Waals surface area contributed by atoms with Crippen molar-refractivity contribution >= 4 is 0 Å². The molecule has 1 saturated carbocycles.